The van der Waals surface area contributed by atoms with Gasteiger partial charge in [0.1, 0.15) is 5.75 Å². The molecular formula is C10H11N5O3. The van der Waals surface area contributed by atoms with Crippen LogP contribution in [0, 0.1) is 0 Å². The molecule has 0 fully saturated rings. The quantitative estimate of drug-likeness (QED) is 0.362. The first-order valence-electron chi connectivity index (χ1n) is 5.06. The molecule has 18 heavy (non-hydrogen) atoms. The third-order valence-corrected chi connectivity index (χ3v) is 2.26. The Morgan fingerprint density at radius 2 is 2.17 bits per heavy atom. The lowest BCUT2D eigenvalue weighted by atomic mass is 10.2. The van der Waals surface area contributed by atoms with Crippen molar-refractivity contribution in [3.63, 3.8) is 0 Å². The average Bonchev–Trinajstić information content (AvgIpc) is 2.32. The maximum atomic E-state index is 11.3. The Labute approximate surface area is 100 Å². The molecule has 1 aromatic carbocycles. The number of benzene rings is 1. The van der Waals surface area contributed by atoms with E-state index in [2.05, 4.69) is 15.5 Å². The number of aromatic nitrogens is 3. The molecule has 0 aliphatic rings. The minimum atomic E-state index is -0.683. The van der Waals surface area contributed by atoms with E-state index < -0.39 is 11.2 Å². The predicted octanol–water partition coefficient (Wildman–Crippen LogP) is -0.642. The molecule has 0 aliphatic carbocycles. The van der Waals surface area contributed by atoms with E-state index in [-0.39, 0.29) is 18.1 Å². The number of anilines is 2. The molecule has 0 aliphatic heterocycles. The topological polar surface area (TPSA) is 137 Å². The van der Waals surface area contributed by atoms with Gasteiger partial charge in [-0.3, -0.25) is 9.78 Å². The van der Waals surface area contributed by atoms with Gasteiger partial charge >= 0.3 is 5.69 Å². The predicted molar refractivity (Wildman–Crippen MR) is 65.3 cm³/mol. The van der Waals surface area contributed by atoms with Crippen LogP contribution in [0.25, 0.3) is 0 Å². The molecule has 8 heteroatoms. The molecule has 94 valence electrons. The Hall–Kier alpha value is -2.77. The lowest BCUT2D eigenvalue weighted by Crippen LogP contribution is -2.26. The lowest BCUT2D eigenvalue weighted by molar-refractivity contribution is 0.469. The van der Waals surface area contributed by atoms with E-state index >= 15 is 0 Å². The van der Waals surface area contributed by atoms with Crippen molar-refractivity contribution in [2.45, 2.75) is 6.54 Å². The Morgan fingerprint density at radius 3 is 2.89 bits per heavy atom. The summed E-state index contributed by atoms with van der Waals surface area (Å²) < 4.78 is 0. The summed E-state index contributed by atoms with van der Waals surface area (Å²) in [6.45, 7) is 0.152. The molecule has 8 nitrogen and oxygen atoms in total. The third kappa shape index (κ3) is 2.48. The van der Waals surface area contributed by atoms with Crippen molar-refractivity contribution < 1.29 is 5.11 Å². The number of hydrogen-bond acceptors (Lipinski definition) is 6. The Morgan fingerprint density at radius 1 is 1.39 bits per heavy atom. The highest BCUT2D eigenvalue weighted by Gasteiger charge is 2.05. The van der Waals surface area contributed by atoms with E-state index in [1.54, 1.807) is 12.1 Å². The van der Waals surface area contributed by atoms with E-state index in [9.17, 15) is 14.7 Å². The molecule has 1 aromatic heterocycles. The molecular weight excluding hydrogens is 238 g/mol. The van der Waals surface area contributed by atoms with Crippen LogP contribution in [0.3, 0.4) is 0 Å². The Balaban J connectivity index is 2.19. The highest BCUT2D eigenvalue weighted by Crippen LogP contribution is 2.19. The first-order valence-corrected chi connectivity index (χ1v) is 5.06. The fourth-order valence-corrected chi connectivity index (χ4v) is 1.39. The summed E-state index contributed by atoms with van der Waals surface area (Å²) in [5.74, 6) is 0.00831. The summed E-state index contributed by atoms with van der Waals surface area (Å²) in [7, 11) is 0. The molecule has 0 saturated carbocycles. The Bertz CT molecular complexity index is 676. The zero-order valence-electron chi connectivity index (χ0n) is 9.23. The summed E-state index contributed by atoms with van der Waals surface area (Å²) in [6.07, 6.45) is 0. The van der Waals surface area contributed by atoms with Gasteiger partial charge < -0.3 is 16.2 Å². The summed E-state index contributed by atoms with van der Waals surface area (Å²) in [6, 6.07) is 4.59. The van der Waals surface area contributed by atoms with E-state index in [1.807, 2.05) is 4.98 Å². The number of phenols is 1. The molecule has 1 heterocycles. The summed E-state index contributed by atoms with van der Waals surface area (Å²) >= 11 is 0. The normalized spacial score (nSPS) is 10.2. The number of nitrogens with two attached hydrogens (primary N) is 1. The number of hydrogen-bond donors (Lipinski definition) is 5. The van der Waals surface area contributed by atoms with Crippen molar-refractivity contribution in [3.8, 4) is 5.75 Å². The molecule has 2 rings (SSSR count). The molecule has 6 N–H and O–H groups in total. The SMILES string of the molecule is Nc1ccc(O)c(CNc2n[nH]c(=O)[nH]c2=O)c1. The fourth-order valence-electron chi connectivity index (χ4n) is 1.39. The first kappa shape index (κ1) is 11.7. The molecule has 2 aromatic rings. The van der Waals surface area contributed by atoms with Gasteiger partial charge in [0, 0.05) is 17.8 Å². The van der Waals surface area contributed by atoms with Gasteiger partial charge in [0.25, 0.3) is 5.56 Å². The van der Waals surface area contributed by atoms with Gasteiger partial charge in [-0.15, -0.1) is 5.10 Å². The standard InChI is InChI=1S/C10H11N5O3/c11-6-1-2-7(16)5(3-6)4-12-8-9(17)13-10(18)15-14-8/h1-3,16H,4,11H2,(H,12,14)(H2,13,15,17,18). The van der Waals surface area contributed by atoms with E-state index in [0.29, 0.717) is 11.3 Å². The number of rotatable bonds is 3. The van der Waals surface area contributed by atoms with E-state index in [4.69, 9.17) is 5.73 Å². The zero-order valence-corrected chi connectivity index (χ0v) is 9.23. The number of nitrogen functional groups attached to an aromatic ring is 1. The summed E-state index contributed by atoms with van der Waals surface area (Å²) in [4.78, 5) is 24.1. The van der Waals surface area contributed by atoms with Crippen molar-refractivity contribution >= 4 is 11.5 Å². The lowest BCUT2D eigenvalue weighted by Gasteiger charge is -2.07. The molecule has 0 unspecified atom stereocenters. The molecule has 0 amide bonds. The summed E-state index contributed by atoms with van der Waals surface area (Å²) in [5, 5.41) is 17.9. The van der Waals surface area contributed by atoms with Gasteiger partial charge in [-0.1, -0.05) is 0 Å². The van der Waals surface area contributed by atoms with Crippen molar-refractivity contribution in [2.75, 3.05) is 11.1 Å². The number of aromatic hydroxyl groups is 1. The van der Waals surface area contributed by atoms with Crippen LogP contribution in [0.15, 0.2) is 27.8 Å². The number of aromatic amines is 2. The molecule has 0 atom stereocenters. The van der Waals surface area contributed by atoms with Crippen LogP contribution in [0.4, 0.5) is 11.5 Å². The van der Waals surface area contributed by atoms with Crippen LogP contribution in [-0.4, -0.2) is 20.3 Å². The van der Waals surface area contributed by atoms with Crippen molar-refractivity contribution in [1.29, 1.82) is 0 Å². The number of H-pyrrole nitrogens is 2. The maximum absolute atomic E-state index is 11.3. The van der Waals surface area contributed by atoms with Crippen LogP contribution >= 0.6 is 0 Å². The maximum Gasteiger partial charge on any atom is 0.342 e. The highest BCUT2D eigenvalue weighted by atomic mass is 16.3. The average molecular weight is 249 g/mol. The third-order valence-electron chi connectivity index (χ3n) is 2.26. The van der Waals surface area contributed by atoms with Crippen LogP contribution in [0.1, 0.15) is 5.56 Å². The second-order valence-electron chi connectivity index (χ2n) is 3.60. The van der Waals surface area contributed by atoms with Crippen LogP contribution in [0.2, 0.25) is 0 Å². The molecule has 0 spiro atoms. The van der Waals surface area contributed by atoms with Crippen LogP contribution in [-0.2, 0) is 6.54 Å². The largest absolute Gasteiger partial charge is 0.508 e. The number of nitrogens with one attached hydrogen (secondary N) is 3. The number of nitrogens with zero attached hydrogens (tertiary/aromatic N) is 1. The van der Waals surface area contributed by atoms with Gasteiger partial charge in [-0.2, -0.15) is 0 Å². The zero-order chi connectivity index (χ0) is 13.1. The van der Waals surface area contributed by atoms with E-state index in [1.165, 1.54) is 6.07 Å². The van der Waals surface area contributed by atoms with E-state index in [0.717, 1.165) is 0 Å². The van der Waals surface area contributed by atoms with Crippen molar-refractivity contribution in [2.24, 2.45) is 0 Å². The van der Waals surface area contributed by atoms with Crippen molar-refractivity contribution in [1.82, 2.24) is 15.2 Å². The Kier molecular flexibility index (Phi) is 3.00. The van der Waals surface area contributed by atoms with Gasteiger partial charge in [-0.05, 0) is 18.2 Å². The number of phenolic OH excluding ortho intramolecular Hbond substituents is 1. The van der Waals surface area contributed by atoms with Crippen LogP contribution < -0.4 is 22.3 Å². The van der Waals surface area contributed by atoms with Gasteiger partial charge in [-0.25, -0.2) is 9.89 Å². The fraction of sp³-hybridized carbons (Fsp3) is 0.100. The monoisotopic (exact) mass is 249 g/mol. The van der Waals surface area contributed by atoms with Crippen LogP contribution in [0.5, 0.6) is 5.75 Å². The molecule has 0 saturated heterocycles. The highest BCUT2D eigenvalue weighted by molar-refractivity contribution is 5.48. The van der Waals surface area contributed by atoms with Gasteiger partial charge in [0.15, 0.2) is 0 Å². The minimum absolute atomic E-state index is 0.0450. The molecule has 0 bridgehead atoms. The summed E-state index contributed by atoms with van der Waals surface area (Å²) in [5.41, 5.74) is 5.27. The smallest absolute Gasteiger partial charge is 0.342 e. The second kappa shape index (κ2) is 4.62. The van der Waals surface area contributed by atoms with Crippen molar-refractivity contribution in [3.05, 3.63) is 44.6 Å². The first-order chi connectivity index (χ1) is 8.56. The second-order valence-corrected chi connectivity index (χ2v) is 3.60. The molecule has 0 radical (unpaired) electrons. The van der Waals surface area contributed by atoms with Gasteiger partial charge in [0.2, 0.25) is 5.82 Å². The van der Waals surface area contributed by atoms with Gasteiger partial charge in [0.05, 0.1) is 0 Å². The minimum Gasteiger partial charge on any atom is -0.508 e.